The van der Waals surface area contributed by atoms with E-state index in [1.165, 1.54) is 6.92 Å². The van der Waals surface area contributed by atoms with Crippen LogP contribution in [0.15, 0.2) is 4.79 Å². The number of fused-ring (bicyclic) bond motifs is 1. The first-order valence-electron chi connectivity index (χ1n) is 5.28. The van der Waals surface area contributed by atoms with Crippen molar-refractivity contribution in [3.63, 3.8) is 0 Å². The molecule has 6 nitrogen and oxygen atoms in total. The molecule has 0 fully saturated rings. The van der Waals surface area contributed by atoms with E-state index in [4.69, 9.17) is 4.74 Å². The fraction of sp³-hybridized carbons (Fsp3) is 0.600. The minimum Gasteiger partial charge on any atom is -0.376 e. The van der Waals surface area contributed by atoms with Crippen molar-refractivity contribution in [1.82, 2.24) is 9.97 Å². The Morgan fingerprint density at radius 1 is 1.47 bits per heavy atom. The topological polar surface area (TPSA) is 89.1 Å². The van der Waals surface area contributed by atoms with Crippen LogP contribution in [-0.4, -0.2) is 31.2 Å². The maximum atomic E-state index is 11.7. The molecule has 1 aromatic heterocycles. The van der Waals surface area contributed by atoms with Crippen molar-refractivity contribution >= 4 is 9.84 Å². The number of nitrogens with zero attached hydrogens (tertiary/aromatic N) is 1. The van der Waals surface area contributed by atoms with Crippen LogP contribution in [0.2, 0.25) is 0 Å². The van der Waals surface area contributed by atoms with Gasteiger partial charge in [-0.15, -0.1) is 0 Å². The van der Waals surface area contributed by atoms with Crippen molar-refractivity contribution in [2.45, 2.75) is 25.2 Å². The molecule has 1 N–H and O–H groups in total. The standard InChI is InChI=1S/C10H14N2O4S/c1-6(17(2,14)15)9-11-8-3-4-16-5-7(8)10(13)12-9/h6H,3-5H2,1-2H3,(H,11,12,13). The van der Waals surface area contributed by atoms with Crippen LogP contribution in [0.1, 0.15) is 29.3 Å². The monoisotopic (exact) mass is 258 g/mol. The van der Waals surface area contributed by atoms with E-state index >= 15 is 0 Å². The molecule has 2 rings (SSSR count). The van der Waals surface area contributed by atoms with Crippen molar-refractivity contribution < 1.29 is 13.2 Å². The van der Waals surface area contributed by atoms with E-state index in [1.807, 2.05) is 0 Å². The maximum Gasteiger partial charge on any atom is 0.256 e. The maximum absolute atomic E-state index is 11.7. The third-order valence-electron chi connectivity index (χ3n) is 2.88. The summed E-state index contributed by atoms with van der Waals surface area (Å²) in [4.78, 5) is 18.5. The smallest absolute Gasteiger partial charge is 0.256 e. The van der Waals surface area contributed by atoms with E-state index in [-0.39, 0.29) is 18.0 Å². The molecule has 1 aliphatic rings. The van der Waals surface area contributed by atoms with Crippen LogP contribution in [0.4, 0.5) is 0 Å². The largest absolute Gasteiger partial charge is 0.376 e. The molecule has 1 aliphatic heterocycles. The number of rotatable bonds is 2. The number of aromatic nitrogens is 2. The second-order valence-corrected chi connectivity index (χ2v) is 6.52. The van der Waals surface area contributed by atoms with Gasteiger partial charge in [-0.2, -0.15) is 0 Å². The fourth-order valence-corrected chi connectivity index (χ4v) is 2.17. The number of H-pyrrole nitrogens is 1. The second kappa shape index (κ2) is 4.23. The lowest BCUT2D eigenvalue weighted by molar-refractivity contribution is 0.108. The van der Waals surface area contributed by atoms with Crippen LogP contribution >= 0.6 is 0 Å². The van der Waals surface area contributed by atoms with E-state index < -0.39 is 15.1 Å². The molecule has 1 atom stereocenters. The Bertz CT molecular complexity index is 591. The quantitative estimate of drug-likeness (QED) is 0.803. The first kappa shape index (κ1) is 12.3. The number of ether oxygens (including phenoxy) is 1. The van der Waals surface area contributed by atoms with Crippen LogP contribution < -0.4 is 5.56 Å². The number of hydrogen-bond donors (Lipinski definition) is 1. The predicted octanol–water partition coefficient (Wildman–Crippen LogP) is -0.0518. The molecule has 1 unspecified atom stereocenters. The Kier molecular flexibility index (Phi) is 3.05. The van der Waals surface area contributed by atoms with Gasteiger partial charge in [0.2, 0.25) is 0 Å². The van der Waals surface area contributed by atoms with Gasteiger partial charge < -0.3 is 9.72 Å². The molecule has 0 saturated carbocycles. The summed E-state index contributed by atoms with van der Waals surface area (Å²) in [6, 6.07) is 0. The van der Waals surface area contributed by atoms with Gasteiger partial charge in [-0.05, 0) is 6.92 Å². The number of hydrogen-bond acceptors (Lipinski definition) is 5. The molecular weight excluding hydrogens is 244 g/mol. The van der Waals surface area contributed by atoms with Crippen LogP contribution in [0.25, 0.3) is 0 Å². The average molecular weight is 258 g/mol. The van der Waals surface area contributed by atoms with Gasteiger partial charge in [0.15, 0.2) is 9.84 Å². The van der Waals surface area contributed by atoms with Gasteiger partial charge in [0.1, 0.15) is 11.1 Å². The van der Waals surface area contributed by atoms with Gasteiger partial charge in [-0.25, -0.2) is 13.4 Å². The SMILES string of the molecule is CC(c1nc2c(c(=O)[nH]1)COCC2)S(C)(=O)=O. The Morgan fingerprint density at radius 2 is 2.18 bits per heavy atom. The van der Waals surface area contributed by atoms with Crippen LogP contribution in [0.5, 0.6) is 0 Å². The highest BCUT2D eigenvalue weighted by Gasteiger charge is 2.23. The van der Waals surface area contributed by atoms with Crippen molar-refractivity contribution in [1.29, 1.82) is 0 Å². The molecule has 1 aromatic rings. The Balaban J connectivity index is 2.52. The lowest BCUT2D eigenvalue weighted by Gasteiger charge is -2.17. The highest BCUT2D eigenvalue weighted by atomic mass is 32.2. The van der Waals surface area contributed by atoms with Crippen LogP contribution in [0, 0.1) is 0 Å². The normalized spacial score (nSPS) is 17.5. The van der Waals surface area contributed by atoms with Crippen molar-refractivity contribution in [3.05, 3.63) is 27.4 Å². The van der Waals surface area contributed by atoms with Gasteiger partial charge in [-0.3, -0.25) is 4.79 Å². The lowest BCUT2D eigenvalue weighted by atomic mass is 10.1. The Labute approximate surface area is 99.0 Å². The van der Waals surface area contributed by atoms with E-state index in [2.05, 4.69) is 9.97 Å². The Morgan fingerprint density at radius 3 is 2.82 bits per heavy atom. The van der Waals surface area contributed by atoms with Crippen molar-refractivity contribution in [3.8, 4) is 0 Å². The molecule has 17 heavy (non-hydrogen) atoms. The highest BCUT2D eigenvalue weighted by molar-refractivity contribution is 7.90. The zero-order valence-electron chi connectivity index (χ0n) is 9.69. The van der Waals surface area contributed by atoms with E-state index in [0.717, 1.165) is 6.26 Å². The molecule has 0 bridgehead atoms. The third kappa shape index (κ3) is 2.39. The molecule has 0 saturated heterocycles. The van der Waals surface area contributed by atoms with Gasteiger partial charge in [-0.1, -0.05) is 0 Å². The summed E-state index contributed by atoms with van der Waals surface area (Å²) in [5, 5.41) is -0.802. The summed E-state index contributed by atoms with van der Waals surface area (Å²) in [6.45, 7) is 2.26. The van der Waals surface area contributed by atoms with Gasteiger partial charge in [0.05, 0.1) is 24.5 Å². The van der Waals surface area contributed by atoms with Gasteiger partial charge >= 0.3 is 0 Å². The van der Waals surface area contributed by atoms with E-state index in [9.17, 15) is 13.2 Å². The molecule has 0 aliphatic carbocycles. The fourth-order valence-electron chi connectivity index (χ4n) is 1.66. The zero-order valence-corrected chi connectivity index (χ0v) is 10.5. The van der Waals surface area contributed by atoms with Crippen LogP contribution in [-0.2, 0) is 27.6 Å². The average Bonchev–Trinajstić information content (AvgIpc) is 2.27. The number of nitrogens with one attached hydrogen (secondary N) is 1. The molecule has 7 heteroatoms. The second-order valence-electron chi connectivity index (χ2n) is 4.15. The lowest BCUT2D eigenvalue weighted by Crippen LogP contribution is -2.27. The Hall–Kier alpha value is -1.21. The molecule has 0 amide bonds. The molecule has 94 valence electrons. The summed E-state index contributed by atoms with van der Waals surface area (Å²) in [7, 11) is -3.26. The molecule has 0 spiro atoms. The van der Waals surface area contributed by atoms with Crippen molar-refractivity contribution in [2.75, 3.05) is 12.9 Å². The summed E-state index contributed by atoms with van der Waals surface area (Å²) >= 11 is 0. The molecular formula is C10H14N2O4S. The minimum atomic E-state index is -3.26. The molecule has 0 radical (unpaired) electrons. The van der Waals surface area contributed by atoms with Crippen LogP contribution in [0.3, 0.4) is 0 Å². The van der Waals surface area contributed by atoms with Gasteiger partial charge in [0, 0.05) is 12.7 Å². The highest BCUT2D eigenvalue weighted by Crippen LogP contribution is 2.18. The molecule has 0 aromatic carbocycles. The third-order valence-corrected chi connectivity index (χ3v) is 4.38. The molecule has 2 heterocycles. The van der Waals surface area contributed by atoms with Crippen molar-refractivity contribution in [2.24, 2.45) is 0 Å². The summed E-state index contributed by atoms with van der Waals surface area (Å²) in [5.74, 6) is 0.207. The summed E-state index contributed by atoms with van der Waals surface area (Å²) in [5.41, 5.74) is 0.839. The van der Waals surface area contributed by atoms with E-state index in [1.54, 1.807) is 0 Å². The predicted molar refractivity (Wildman–Crippen MR) is 61.5 cm³/mol. The minimum absolute atomic E-state index is 0.207. The zero-order chi connectivity index (χ0) is 12.6. The van der Waals surface area contributed by atoms with E-state index in [0.29, 0.717) is 24.3 Å². The first-order valence-corrected chi connectivity index (χ1v) is 7.23. The first-order chi connectivity index (χ1) is 7.89. The number of sulfone groups is 1. The number of aromatic amines is 1. The summed E-state index contributed by atoms with van der Waals surface area (Å²) < 4.78 is 28.0. The van der Waals surface area contributed by atoms with Gasteiger partial charge in [0.25, 0.3) is 5.56 Å². The summed E-state index contributed by atoms with van der Waals surface area (Å²) in [6.07, 6.45) is 1.67.